The number of para-hydroxylation sites is 2. The molecule has 0 aliphatic carbocycles. The van der Waals surface area contributed by atoms with Gasteiger partial charge in [0.2, 0.25) is 5.52 Å². The highest BCUT2D eigenvalue weighted by Crippen LogP contribution is 2.24. The van der Waals surface area contributed by atoms with Crippen molar-refractivity contribution in [3.8, 4) is 5.69 Å². The van der Waals surface area contributed by atoms with E-state index in [9.17, 15) is 0 Å². The minimum absolute atomic E-state index is 1.21. The summed E-state index contributed by atoms with van der Waals surface area (Å²) in [6.07, 6.45) is 4.45. The molecule has 4 aromatic rings. The van der Waals surface area contributed by atoms with Crippen molar-refractivity contribution in [2.24, 2.45) is 7.05 Å². The molecule has 2 nitrogen and oxygen atoms in total. The smallest absolute Gasteiger partial charge is 0.262 e. The first kappa shape index (κ1) is 15.9. The van der Waals surface area contributed by atoms with Gasteiger partial charge in [-0.25, -0.2) is 0 Å². The topological polar surface area (TPSA) is 8.81 Å². The molecule has 0 N–H and O–H groups in total. The van der Waals surface area contributed by atoms with E-state index in [1.165, 1.54) is 37.9 Å². The van der Waals surface area contributed by atoms with E-state index in [2.05, 4.69) is 103 Å². The van der Waals surface area contributed by atoms with Gasteiger partial charge in [-0.2, -0.15) is 4.57 Å². The van der Waals surface area contributed by atoms with E-state index in [1.807, 2.05) is 11.3 Å². The molecule has 0 unspecified atom stereocenters. The fourth-order valence-electron chi connectivity index (χ4n) is 3.36. The highest BCUT2D eigenvalue weighted by atomic mass is 32.1. The predicted octanol–water partition coefficient (Wildman–Crippen LogP) is 5.30. The largest absolute Gasteiger partial charge is 0.318 e. The Morgan fingerprint density at radius 1 is 0.920 bits per heavy atom. The van der Waals surface area contributed by atoms with Crippen LogP contribution in [-0.4, -0.2) is 4.57 Å². The molecule has 3 heteroatoms. The van der Waals surface area contributed by atoms with Gasteiger partial charge in [0, 0.05) is 29.2 Å². The van der Waals surface area contributed by atoms with Crippen molar-refractivity contribution in [2.75, 3.05) is 0 Å². The predicted molar refractivity (Wildman–Crippen MR) is 107 cm³/mol. The number of benzene rings is 2. The van der Waals surface area contributed by atoms with E-state index in [4.69, 9.17) is 0 Å². The van der Waals surface area contributed by atoms with Crippen LogP contribution in [0, 0.1) is 13.8 Å². The molecule has 0 radical (unpaired) electrons. The van der Waals surface area contributed by atoms with Gasteiger partial charge in [-0.3, -0.25) is 0 Å². The van der Waals surface area contributed by atoms with Crippen molar-refractivity contribution in [1.82, 2.24) is 4.57 Å². The number of rotatable bonds is 3. The van der Waals surface area contributed by atoms with Crippen LogP contribution in [0.25, 0.3) is 28.1 Å². The minimum atomic E-state index is 1.21. The molecule has 0 aliphatic rings. The first-order valence-electron chi connectivity index (χ1n) is 8.45. The molecular weight excluding hydrogens is 324 g/mol. The summed E-state index contributed by atoms with van der Waals surface area (Å²) in [4.78, 5) is 0. The number of aromatic nitrogens is 2. The van der Waals surface area contributed by atoms with Crippen LogP contribution in [-0.2, 0) is 7.05 Å². The van der Waals surface area contributed by atoms with Crippen molar-refractivity contribution in [2.45, 2.75) is 13.8 Å². The summed E-state index contributed by atoms with van der Waals surface area (Å²) in [6.45, 7) is 4.35. The number of hydrogen-bond acceptors (Lipinski definition) is 1. The van der Waals surface area contributed by atoms with Crippen LogP contribution in [0.5, 0.6) is 0 Å². The summed E-state index contributed by atoms with van der Waals surface area (Å²) in [6, 6.07) is 21.3. The zero-order chi connectivity index (χ0) is 17.4. The third-order valence-electron chi connectivity index (χ3n) is 4.66. The van der Waals surface area contributed by atoms with Gasteiger partial charge in [-0.1, -0.05) is 41.7 Å². The molecule has 0 saturated heterocycles. The molecule has 2 aromatic heterocycles. The Labute approximate surface area is 152 Å². The summed E-state index contributed by atoms with van der Waals surface area (Å²) >= 11 is 1.83. The molecular formula is C22H21N2S+. The number of thiazole rings is 1. The van der Waals surface area contributed by atoms with Crippen LogP contribution >= 0.6 is 11.3 Å². The second-order valence-electron chi connectivity index (χ2n) is 6.30. The highest BCUT2D eigenvalue weighted by molar-refractivity contribution is 7.18. The number of hydrogen-bond donors (Lipinski definition) is 0. The van der Waals surface area contributed by atoms with Crippen molar-refractivity contribution in [3.63, 3.8) is 0 Å². The summed E-state index contributed by atoms with van der Waals surface area (Å²) in [7, 11) is 2.13. The fraction of sp³-hybridized carbons (Fsp3) is 0.136. The maximum atomic E-state index is 2.31. The van der Waals surface area contributed by atoms with Crippen molar-refractivity contribution < 1.29 is 4.57 Å². The number of aryl methyl sites for hydroxylation is 2. The molecule has 0 spiro atoms. The first-order chi connectivity index (χ1) is 12.1. The Kier molecular flexibility index (Phi) is 4.02. The third-order valence-corrected chi connectivity index (χ3v) is 5.85. The van der Waals surface area contributed by atoms with Crippen LogP contribution in [0.3, 0.4) is 0 Å². The zero-order valence-corrected chi connectivity index (χ0v) is 15.5. The Morgan fingerprint density at radius 3 is 2.40 bits per heavy atom. The van der Waals surface area contributed by atoms with Crippen LogP contribution in [0.1, 0.15) is 22.0 Å². The van der Waals surface area contributed by atoms with Crippen molar-refractivity contribution in [1.29, 1.82) is 0 Å². The van der Waals surface area contributed by atoms with E-state index in [-0.39, 0.29) is 0 Å². The summed E-state index contributed by atoms with van der Waals surface area (Å²) in [5, 5.41) is 1.26. The Balaban J connectivity index is 1.73. The molecule has 0 fully saturated rings. The lowest BCUT2D eigenvalue weighted by Crippen LogP contribution is -2.28. The molecule has 2 heterocycles. The van der Waals surface area contributed by atoms with Gasteiger partial charge in [0.05, 0.1) is 0 Å². The Hall–Kier alpha value is -2.65. The molecule has 0 atom stereocenters. The summed E-state index contributed by atoms with van der Waals surface area (Å²) < 4.78 is 5.89. The molecule has 124 valence electrons. The van der Waals surface area contributed by atoms with Gasteiger partial charge in [0.15, 0.2) is 0 Å². The van der Waals surface area contributed by atoms with Gasteiger partial charge >= 0.3 is 0 Å². The van der Waals surface area contributed by atoms with E-state index >= 15 is 0 Å². The quantitative estimate of drug-likeness (QED) is 0.445. The fourth-order valence-corrected chi connectivity index (χ4v) is 4.41. The molecule has 4 rings (SSSR count). The normalized spacial score (nSPS) is 11.6. The van der Waals surface area contributed by atoms with Gasteiger partial charge in [-0.05, 0) is 49.8 Å². The number of fused-ring (bicyclic) bond motifs is 1. The SMILES string of the molecule is Cc1cc(/C=C/c2sc3ccccc3[n+]2C)c(C)n1-c1ccccc1. The molecule has 25 heavy (non-hydrogen) atoms. The molecule has 0 saturated carbocycles. The highest BCUT2D eigenvalue weighted by Gasteiger charge is 2.14. The van der Waals surface area contributed by atoms with Gasteiger partial charge in [0.1, 0.15) is 11.7 Å². The van der Waals surface area contributed by atoms with Crippen LogP contribution in [0.2, 0.25) is 0 Å². The van der Waals surface area contributed by atoms with Crippen LogP contribution in [0.15, 0.2) is 60.7 Å². The zero-order valence-electron chi connectivity index (χ0n) is 14.7. The summed E-state index contributed by atoms with van der Waals surface area (Å²) in [5.74, 6) is 0. The van der Waals surface area contributed by atoms with Crippen molar-refractivity contribution >= 4 is 33.7 Å². The number of nitrogens with zero attached hydrogens (tertiary/aromatic N) is 2. The van der Waals surface area contributed by atoms with E-state index in [1.54, 1.807) is 0 Å². The second kappa shape index (κ2) is 6.34. The standard InChI is InChI=1S/C22H21N2S/c1-16-15-18(17(2)24(16)19-9-5-4-6-10-19)13-14-22-23(3)20-11-7-8-12-21(20)25-22/h4-15H,1-3H3/q+1. The second-order valence-corrected chi connectivity index (χ2v) is 7.36. The molecule has 0 aliphatic heterocycles. The maximum Gasteiger partial charge on any atom is 0.262 e. The van der Waals surface area contributed by atoms with Gasteiger partial charge < -0.3 is 4.57 Å². The lowest BCUT2D eigenvalue weighted by Gasteiger charge is -2.09. The average Bonchev–Trinajstić information content (AvgIpc) is 3.10. The molecule has 2 aromatic carbocycles. The van der Waals surface area contributed by atoms with Gasteiger partial charge in [-0.15, -0.1) is 0 Å². The minimum Gasteiger partial charge on any atom is -0.318 e. The van der Waals surface area contributed by atoms with E-state index in [0.717, 1.165) is 0 Å². The van der Waals surface area contributed by atoms with Crippen molar-refractivity contribution in [3.05, 3.63) is 82.6 Å². The van der Waals surface area contributed by atoms with Crippen LogP contribution in [0.4, 0.5) is 0 Å². The van der Waals surface area contributed by atoms with Gasteiger partial charge in [0.25, 0.3) is 5.01 Å². The third kappa shape index (κ3) is 2.81. The lowest BCUT2D eigenvalue weighted by molar-refractivity contribution is -0.642. The maximum absolute atomic E-state index is 2.31. The Morgan fingerprint density at radius 2 is 1.64 bits per heavy atom. The first-order valence-corrected chi connectivity index (χ1v) is 9.27. The summed E-state index contributed by atoms with van der Waals surface area (Å²) in [5.41, 5.74) is 6.28. The van der Waals surface area contributed by atoms with Crippen LogP contribution < -0.4 is 4.57 Å². The molecule has 0 amide bonds. The van der Waals surface area contributed by atoms with E-state index < -0.39 is 0 Å². The lowest BCUT2D eigenvalue weighted by atomic mass is 10.2. The van der Waals surface area contributed by atoms with E-state index in [0.29, 0.717) is 0 Å². The average molecular weight is 345 g/mol. The molecule has 0 bridgehead atoms. The Bertz CT molecular complexity index is 1070. The monoisotopic (exact) mass is 345 g/mol.